The summed E-state index contributed by atoms with van der Waals surface area (Å²) in [5.74, 6) is -0.152. The molecule has 0 bridgehead atoms. The highest BCUT2D eigenvalue weighted by atomic mass is 35.5. The lowest BCUT2D eigenvalue weighted by molar-refractivity contribution is -0.0479. The second-order valence-electron chi connectivity index (χ2n) is 3.87. The fourth-order valence-corrected chi connectivity index (χ4v) is 2.24. The van der Waals surface area contributed by atoms with Gasteiger partial charge in [0.15, 0.2) is 0 Å². The molecule has 0 unspecified atom stereocenters. The number of nitrogens with one attached hydrogen (secondary N) is 1. The summed E-state index contributed by atoms with van der Waals surface area (Å²) in [4.78, 5) is 12.4. The van der Waals surface area contributed by atoms with Crippen LogP contribution in [0, 0.1) is 0 Å². The highest BCUT2D eigenvalue weighted by Crippen LogP contribution is 2.21. The molecule has 17 heavy (non-hydrogen) atoms. The molecule has 4 nitrogen and oxygen atoms in total. The molecule has 96 valence electrons. The summed E-state index contributed by atoms with van der Waals surface area (Å²) in [6, 6.07) is 3.40. The summed E-state index contributed by atoms with van der Waals surface area (Å²) in [6.45, 7) is 2.67. The van der Waals surface area contributed by atoms with Crippen LogP contribution in [0.2, 0.25) is 4.34 Å². The summed E-state index contributed by atoms with van der Waals surface area (Å²) < 4.78 is 11.0. The Labute approximate surface area is 110 Å². The minimum atomic E-state index is -0.522. The summed E-state index contributed by atoms with van der Waals surface area (Å²) in [7, 11) is 3.19. The number of ether oxygens (including phenoxy) is 2. The second kappa shape index (κ2) is 6.35. The van der Waals surface area contributed by atoms with E-state index in [0.29, 0.717) is 22.4 Å². The SMILES string of the molecule is COC[C@](C)(CNC(=O)c1ccc(Cl)s1)OC. The van der Waals surface area contributed by atoms with Crippen LogP contribution in [0.25, 0.3) is 0 Å². The van der Waals surface area contributed by atoms with E-state index in [1.165, 1.54) is 11.3 Å². The number of hydrogen-bond acceptors (Lipinski definition) is 4. The first kappa shape index (κ1) is 14.4. The van der Waals surface area contributed by atoms with E-state index in [1.807, 2.05) is 6.92 Å². The van der Waals surface area contributed by atoms with Gasteiger partial charge in [-0.25, -0.2) is 0 Å². The maximum absolute atomic E-state index is 11.8. The van der Waals surface area contributed by atoms with Crippen LogP contribution in [0.4, 0.5) is 0 Å². The van der Waals surface area contributed by atoms with Crippen molar-refractivity contribution in [3.63, 3.8) is 0 Å². The Hall–Kier alpha value is -0.620. The number of methoxy groups -OCH3 is 2. The second-order valence-corrected chi connectivity index (χ2v) is 5.59. The Morgan fingerprint density at radius 1 is 1.53 bits per heavy atom. The highest BCUT2D eigenvalue weighted by molar-refractivity contribution is 7.17. The van der Waals surface area contributed by atoms with Crippen LogP contribution in [0.15, 0.2) is 12.1 Å². The van der Waals surface area contributed by atoms with Gasteiger partial charge in [0.1, 0.15) is 5.60 Å². The Balaban J connectivity index is 2.52. The fraction of sp³-hybridized carbons (Fsp3) is 0.545. The van der Waals surface area contributed by atoms with Gasteiger partial charge < -0.3 is 14.8 Å². The molecule has 0 radical (unpaired) electrons. The lowest BCUT2D eigenvalue weighted by Gasteiger charge is -2.27. The third kappa shape index (κ3) is 4.27. The Bertz CT molecular complexity index is 383. The van der Waals surface area contributed by atoms with Crippen LogP contribution in [0.1, 0.15) is 16.6 Å². The monoisotopic (exact) mass is 277 g/mol. The molecule has 6 heteroatoms. The van der Waals surface area contributed by atoms with Gasteiger partial charge in [-0.3, -0.25) is 4.79 Å². The van der Waals surface area contributed by atoms with Gasteiger partial charge in [-0.1, -0.05) is 11.6 Å². The average molecular weight is 278 g/mol. The maximum atomic E-state index is 11.8. The van der Waals surface area contributed by atoms with E-state index in [2.05, 4.69) is 5.32 Å². The first-order chi connectivity index (χ1) is 8.00. The lowest BCUT2D eigenvalue weighted by atomic mass is 10.1. The molecule has 1 N–H and O–H groups in total. The molecule has 1 rings (SSSR count). The van der Waals surface area contributed by atoms with Crippen LogP contribution >= 0.6 is 22.9 Å². The van der Waals surface area contributed by atoms with Gasteiger partial charge in [-0.05, 0) is 19.1 Å². The zero-order valence-electron chi connectivity index (χ0n) is 10.1. The van der Waals surface area contributed by atoms with Crippen LogP contribution in [-0.2, 0) is 9.47 Å². The van der Waals surface area contributed by atoms with Crippen LogP contribution in [0.3, 0.4) is 0 Å². The van der Waals surface area contributed by atoms with Gasteiger partial charge in [0, 0.05) is 20.8 Å². The number of carbonyl (C=O) groups excluding carboxylic acids is 1. The van der Waals surface area contributed by atoms with Crippen molar-refractivity contribution in [2.75, 3.05) is 27.4 Å². The molecule has 1 amide bonds. The molecule has 1 atom stereocenters. The summed E-state index contributed by atoms with van der Waals surface area (Å²) >= 11 is 7.01. The molecule has 0 saturated heterocycles. The van der Waals surface area contributed by atoms with Crippen molar-refractivity contribution in [2.24, 2.45) is 0 Å². The van der Waals surface area contributed by atoms with Gasteiger partial charge in [-0.15, -0.1) is 11.3 Å². The van der Waals surface area contributed by atoms with Crippen LogP contribution in [0.5, 0.6) is 0 Å². The summed E-state index contributed by atoms with van der Waals surface area (Å²) in [5.41, 5.74) is -0.522. The number of thiophene rings is 1. The first-order valence-electron chi connectivity index (χ1n) is 5.08. The number of amides is 1. The van der Waals surface area contributed by atoms with Crippen molar-refractivity contribution >= 4 is 28.8 Å². The number of carbonyl (C=O) groups is 1. The van der Waals surface area contributed by atoms with E-state index in [-0.39, 0.29) is 5.91 Å². The van der Waals surface area contributed by atoms with Gasteiger partial charge in [0.25, 0.3) is 5.91 Å². The van der Waals surface area contributed by atoms with E-state index in [9.17, 15) is 4.79 Å². The molecule has 1 aromatic heterocycles. The number of hydrogen-bond donors (Lipinski definition) is 1. The number of halogens is 1. The summed E-state index contributed by atoms with van der Waals surface area (Å²) in [5, 5.41) is 2.80. The minimum Gasteiger partial charge on any atom is -0.382 e. The van der Waals surface area contributed by atoms with Crippen molar-refractivity contribution in [3.05, 3.63) is 21.3 Å². The predicted molar refractivity (Wildman–Crippen MR) is 69.0 cm³/mol. The van der Waals surface area contributed by atoms with E-state index in [1.54, 1.807) is 26.4 Å². The number of rotatable bonds is 6. The lowest BCUT2D eigenvalue weighted by Crippen LogP contribution is -2.45. The molecule has 1 heterocycles. The van der Waals surface area contributed by atoms with Gasteiger partial charge in [0.05, 0.1) is 15.8 Å². The standard InChI is InChI=1S/C11H16ClNO3S/c1-11(16-3,7-15-2)6-13-10(14)8-4-5-9(12)17-8/h4-5H,6-7H2,1-3H3,(H,13,14)/t11-/m0/s1. The van der Waals surface area contributed by atoms with Crippen molar-refractivity contribution in [1.82, 2.24) is 5.32 Å². The van der Waals surface area contributed by atoms with Crippen LogP contribution in [-0.4, -0.2) is 38.9 Å². The van der Waals surface area contributed by atoms with E-state index in [0.717, 1.165) is 0 Å². The van der Waals surface area contributed by atoms with Gasteiger partial charge >= 0.3 is 0 Å². The average Bonchev–Trinajstić information content (AvgIpc) is 2.73. The quantitative estimate of drug-likeness (QED) is 0.867. The highest BCUT2D eigenvalue weighted by Gasteiger charge is 2.24. The van der Waals surface area contributed by atoms with Crippen molar-refractivity contribution in [1.29, 1.82) is 0 Å². The molecule has 0 aliphatic rings. The van der Waals surface area contributed by atoms with Crippen molar-refractivity contribution < 1.29 is 14.3 Å². The normalized spacial score (nSPS) is 14.4. The Morgan fingerprint density at radius 3 is 2.71 bits per heavy atom. The molecule has 0 fully saturated rings. The van der Waals surface area contributed by atoms with E-state index < -0.39 is 5.60 Å². The zero-order chi connectivity index (χ0) is 12.9. The minimum absolute atomic E-state index is 0.152. The largest absolute Gasteiger partial charge is 0.382 e. The summed E-state index contributed by atoms with van der Waals surface area (Å²) in [6.07, 6.45) is 0. The van der Waals surface area contributed by atoms with Crippen molar-refractivity contribution in [3.8, 4) is 0 Å². The first-order valence-corrected chi connectivity index (χ1v) is 6.28. The Morgan fingerprint density at radius 2 is 2.24 bits per heavy atom. The molecule has 0 aliphatic carbocycles. The predicted octanol–water partition coefficient (Wildman–Crippen LogP) is 2.18. The van der Waals surface area contributed by atoms with Crippen LogP contribution < -0.4 is 5.32 Å². The van der Waals surface area contributed by atoms with E-state index in [4.69, 9.17) is 21.1 Å². The third-order valence-electron chi connectivity index (χ3n) is 2.36. The van der Waals surface area contributed by atoms with Gasteiger partial charge in [-0.2, -0.15) is 0 Å². The molecular formula is C11H16ClNO3S. The topological polar surface area (TPSA) is 47.6 Å². The molecule has 1 aromatic rings. The third-order valence-corrected chi connectivity index (χ3v) is 3.59. The molecule has 0 aliphatic heterocycles. The fourth-order valence-electron chi connectivity index (χ4n) is 1.28. The van der Waals surface area contributed by atoms with Gasteiger partial charge in [0.2, 0.25) is 0 Å². The zero-order valence-corrected chi connectivity index (χ0v) is 11.7. The molecule has 0 saturated carbocycles. The smallest absolute Gasteiger partial charge is 0.261 e. The maximum Gasteiger partial charge on any atom is 0.261 e. The molecule has 0 aromatic carbocycles. The Kier molecular flexibility index (Phi) is 5.39. The molecule has 0 spiro atoms. The molecular weight excluding hydrogens is 262 g/mol. The van der Waals surface area contributed by atoms with Crippen molar-refractivity contribution in [2.45, 2.75) is 12.5 Å². The van der Waals surface area contributed by atoms with E-state index >= 15 is 0 Å².